The van der Waals surface area contributed by atoms with Crippen molar-refractivity contribution in [1.29, 1.82) is 0 Å². The Morgan fingerprint density at radius 3 is 2.50 bits per heavy atom. The molecule has 2 unspecified atom stereocenters. The Hall–Kier alpha value is -0.120. The number of hydrogen-bond acceptors (Lipinski definition) is 3. The summed E-state index contributed by atoms with van der Waals surface area (Å²) in [5.41, 5.74) is 2.97. The normalized spacial score (nSPS) is 30.2. The van der Waals surface area contributed by atoms with Gasteiger partial charge in [-0.3, -0.25) is 11.3 Å². The molecule has 1 heterocycles. The fourth-order valence-electron chi connectivity index (χ4n) is 2.53. The highest BCUT2D eigenvalue weighted by Crippen LogP contribution is 2.32. The maximum Gasteiger partial charge on any atom is 0.0495 e. The van der Waals surface area contributed by atoms with E-state index in [0.29, 0.717) is 6.04 Å². The molecule has 0 aromatic carbocycles. The summed E-state index contributed by atoms with van der Waals surface area (Å²) in [7, 11) is 0. The van der Waals surface area contributed by atoms with Gasteiger partial charge < -0.3 is 4.74 Å². The lowest BCUT2D eigenvalue weighted by Crippen LogP contribution is -2.39. The smallest absolute Gasteiger partial charge is 0.0495 e. The molecule has 0 aromatic rings. The van der Waals surface area contributed by atoms with Crippen LogP contribution in [0.2, 0.25) is 0 Å². The van der Waals surface area contributed by atoms with Crippen LogP contribution in [-0.2, 0) is 4.74 Å². The summed E-state index contributed by atoms with van der Waals surface area (Å²) < 4.78 is 5.38. The number of nitrogens with one attached hydrogen (secondary N) is 1. The van der Waals surface area contributed by atoms with Crippen LogP contribution < -0.4 is 11.3 Å². The molecule has 1 aliphatic heterocycles. The molecular formula is C11H22N2O. The molecule has 0 bridgehead atoms. The second-order valence-corrected chi connectivity index (χ2v) is 4.86. The van der Waals surface area contributed by atoms with Crippen molar-refractivity contribution in [2.75, 3.05) is 13.2 Å². The van der Waals surface area contributed by atoms with Gasteiger partial charge in [-0.05, 0) is 31.1 Å². The van der Waals surface area contributed by atoms with Gasteiger partial charge in [-0.1, -0.05) is 19.3 Å². The summed E-state index contributed by atoms with van der Waals surface area (Å²) in [6.45, 7) is 1.90. The predicted octanol–water partition coefficient (Wildman–Crippen LogP) is 1.44. The largest absolute Gasteiger partial charge is 0.381 e. The molecule has 1 saturated heterocycles. The van der Waals surface area contributed by atoms with Crippen molar-refractivity contribution < 1.29 is 4.74 Å². The number of ether oxygens (including phenoxy) is 1. The van der Waals surface area contributed by atoms with Crippen LogP contribution in [0.3, 0.4) is 0 Å². The van der Waals surface area contributed by atoms with Crippen LogP contribution in [0.5, 0.6) is 0 Å². The summed E-state index contributed by atoms with van der Waals surface area (Å²) >= 11 is 0. The zero-order valence-electron chi connectivity index (χ0n) is 8.87. The third-order valence-corrected chi connectivity index (χ3v) is 3.72. The molecule has 1 saturated carbocycles. The van der Waals surface area contributed by atoms with Crippen LogP contribution in [0.1, 0.15) is 38.5 Å². The molecule has 0 amide bonds. The maximum atomic E-state index is 5.59. The van der Waals surface area contributed by atoms with E-state index in [0.717, 1.165) is 25.0 Å². The van der Waals surface area contributed by atoms with E-state index in [1.165, 1.54) is 38.5 Å². The highest BCUT2D eigenvalue weighted by atomic mass is 16.5. The van der Waals surface area contributed by atoms with Crippen molar-refractivity contribution in [3.8, 4) is 0 Å². The van der Waals surface area contributed by atoms with Crippen LogP contribution in [0.4, 0.5) is 0 Å². The van der Waals surface area contributed by atoms with Gasteiger partial charge in [-0.2, -0.15) is 0 Å². The second kappa shape index (κ2) is 5.10. The molecule has 0 spiro atoms. The van der Waals surface area contributed by atoms with Crippen LogP contribution in [0.25, 0.3) is 0 Å². The van der Waals surface area contributed by atoms with E-state index in [2.05, 4.69) is 5.43 Å². The van der Waals surface area contributed by atoms with Gasteiger partial charge in [0.2, 0.25) is 0 Å². The Bertz CT molecular complexity index is 165. The summed E-state index contributed by atoms with van der Waals surface area (Å²) in [4.78, 5) is 0. The first kappa shape index (κ1) is 10.4. The highest BCUT2D eigenvalue weighted by Gasteiger charge is 2.25. The number of rotatable bonds is 5. The Balaban J connectivity index is 1.68. The molecule has 3 heteroatoms. The number of nitrogens with two attached hydrogens (primary N) is 1. The average molecular weight is 198 g/mol. The van der Waals surface area contributed by atoms with Crippen LogP contribution in [-0.4, -0.2) is 19.3 Å². The summed E-state index contributed by atoms with van der Waals surface area (Å²) in [5, 5.41) is 0. The van der Waals surface area contributed by atoms with E-state index in [1.807, 2.05) is 0 Å². The molecule has 3 nitrogen and oxygen atoms in total. The quantitative estimate of drug-likeness (QED) is 0.519. The maximum absolute atomic E-state index is 5.59. The molecule has 1 aliphatic carbocycles. The Morgan fingerprint density at radius 1 is 1.21 bits per heavy atom. The van der Waals surface area contributed by atoms with Crippen molar-refractivity contribution >= 4 is 0 Å². The van der Waals surface area contributed by atoms with Gasteiger partial charge in [0.15, 0.2) is 0 Å². The third kappa shape index (κ3) is 2.69. The highest BCUT2D eigenvalue weighted by molar-refractivity contribution is 4.79. The zero-order valence-corrected chi connectivity index (χ0v) is 8.87. The molecule has 2 aliphatic rings. The van der Waals surface area contributed by atoms with Crippen molar-refractivity contribution in [1.82, 2.24) is 5.43 Å². The van der Waals surface area contributed by atoms with E-state index in [-0.39, 0.29) is 0 Å². The lowest BCUT2D eigenvalue weighted by Gasteiger charge is -2.30. The Morgan fingerprint density at radius 2 is 2.00 bits per heavy atom. The minimum Gasteiger partial charge on any atom is -0.381 e. The minimum atomic E-state index is 0.520. The van der Waals surface area contributed by atoms with Crippen molar-refractivity contribution in [3.63, 3.8) is 0 Å². The topological polar surface area (TPSA) is 47.3 Å². The van der Waals surface area contributed by atoms with Gasteiger partial charge in [-0.25, -0.2) is 0 Å². The summed E-state index contributed by atoms with van der Waals surface area (Å²) in [5.74, 6) is 7.28. The molecule has 82 valence electrons. The van der Waals surface area contributed by atoms with Crippen molar-refractivity contribution in [2.24, 2.45) is 17.7 Å². The predicted molar refractivity (Wildman–Crippen MR) is 56.6 cm³/mol. The standard InChI is InChI=1S/C11H22N2O/c12-13-11(6-9-2-1-3-9)7-10-4-5-14-8-10/h9-11,13H,1-8,12H2. The van der Waals surface area contributed by atoms with E-state index in [9.17, 15) is 0 Å². The van der Waals surface area contributed by atoms with E-state index < -0.39 is 0 Å². The average Bonchev–Trinajstić information content (AvgIpc) is 2.61. The summed E-state index contributed by atoms with van der Waals surface area (Å²) in [6, 6.07) is 0.520. The van der Waals surface area contributed by atoms with Gasteiger partial charge in [-0.15, -0.1) is 0 Å². The Kier molecular flexibility index (Phi) is 3.79. The van der Waals surface area contributed by atoms with E-state index in [4.69, 9.17) is 10.6 Å². The van der Waals surface area contributed by atoms with Gasteiger partial charge in [0.25, 0.3) is 0 Å². The van der Waals surface area contributed by atoms with Gasteiger partial charge in [0.1, 0.15) is 0 Å². The molecule has 3 N–H and O–H groups in total. The fraction of sp³-hybridized carbons (Fsp3) is 1.00. The molecular weight excluding hydrogens is 176 g/mol. The molecule has 2 rings (SSSR count). The third-order valence-electron chi connectivity index (χ3n) is 3.72. The lowest BCUT2D eigenvalue weighted by atomic mass is 9.79. The monoisotopic (exact) mass is 198 g/mol. The molecule has 0 radical (unpaired) electrons. The molecule has 2 atom stereocenters. The first-order chi connectivity index (χ1) is 6.88. The Labute approximate surface area is 86.4 Å². The first-order valence-corrected chi connectivity index (χ1v) is 5.92. The van der Waals surface area contributed by atoms with Crippen molar-refractivity contribution in [2.45, 2.75) is 44.6 Å². The lowest BCUT2D eigenvalue weighted by molar-refractivity contribution is 0.176. The fourth-order valence-corrected chi connectivity index (χ4v) is 2.53. The summed E-state index contributed by atoms with van der Waals surface area (Å²) in [6.07, 6.45) is 7.95. The van der Waals surface area contributed by atoms with Crippen LogP contribution in [0, 0.1) is 11.8 Å². The van der Waals surface area contributed by atoms with Gasteiger partial charge in [0, 0.05) is 19.3 Å². The van der Waals surface area contributed by atoms with E-state index >= 15 is 0 Å². The van der Waals surface area contributed by atoms with E-state index in [1.54, 1.807) is 0 Å². The molecule has 14 heavy (non-hydrogen) atoms. The zero-order chi connectivity index (χ0) is 9.80. The number of hydrogen-bond donors (Lipinski definition) is 2. The molecule has 2 fully saturated rings. The van der Waals surface area contributed by atoms with Gasteiger partial charge in [0.05, 0.1) is 0 Å². The number of hydrazine groups is 1. The first-order valence-electron chi connectivity index (χ1n) is 5.92. The second-order valence-electron chi connectivity index (χ2n) is 4.86. The van der Waals surface area contributed by atoms with Gasteiger partial charge >= 0.3 is 0 Å². The van der Waals surface area contributed by atoms with Crippen molar-refractivity contribution in [3.05, 3.63) is 0 Å². The van der Waals surface area contributed by atoms with Crippen LogP contribution in [0.15, 0.2) is 0 Å². The SMILES string of the molecule is NNC(CC1CCC1)CC1CCOC1. The van der Waals surface area contributed by atoms with Crippen LogP contribution >= 0.6 is 0 Å². The molecule has 0 aromatic heterocycles. The minimum absolute atomic E-state index is 0.520.